The number of hydrogen-bond acceptors (Lipinski definition) is 4. The van der Waals surface area contributed by atoms with Gasteiger partial charge in [-0.3, -0.25) is 0 Å². The number of nitrogens with one attached hydrogen (secondary N) is 1. The van der Waals surface area contributed by atoms with Gasteiger partial charge in [0.15, 0.2) is 0 Å². The Balaban J connectivity index is 1.58. The van der Waals surface area contributed by atoms with Crippen molar-refractivity contribution in [3.05, 3.63) is 15.5 Å². The summed E-state index contributed by atoms with van der Waals surface area (Å²) in [6.45, 7) is 2.73. The third-order valence-electron chi connectivity index (χ3n) is 2.47. The van der Waals surface area contributed by atoms with Crippen LogP contribution in [0, 0.1) is 0 Å². The van der Waals surface area contributed by atoms with Crippen molar-refractivity contribution in [3.63, 3.8) is 0 Å². The number of hydrogen-bond donors (Lipinski definition) is 1. The molecular formula is C10H15ClN2OS. The van der Waals surface area contributed by atoms with Gasteiger partial charge < -0.3 is 10.1 Å². The van der Waals surface area contributed by atoms with Crippen molar-refractivity contribution in [1.29, 1.82) is 0 Å². The van der Waals surface area contributed by atoms with E-state index in [2.05, 4.69) is 10.3 Å². The average Bonchev–Trinajstić information content (AvgIpc) is 2.84. The SMILES string of the molecule is Clc1cnc(CNCCC2CCCO2)s1. The van der Waals surface area contributed by atoms with E-state index in [1.165, 1.54) is 24.2 Å². The van der Waals surface area contributed by atoms with E-state index >= 15 is 0 Å². The minimum atomic E-state index is 0.470. The Morgan fingerprint density at radius 3 is 3.27 bits per heavy atom. The molecular weight excluding hydrogens is 232 g/mol. The molecule has 1 aliphatic heterocycles. The van der Waals surface area contributed by atoms with Gasteiger partial charge in [-0.2, -0.15) is 0 Å². The zero-order chi connectivity index (χ0) is 10.5. The van der Waals surface area contributed by atoms with Crippen molar-refractivity contribution in [1.82, 2.24) is 10.3 Å². The van der Waals surface area contributed by atoms with E-state index in [1.807, 2.05) is 0 Å². The highest BCUT2D eigenvalue weighted by Crippen LogP contribution is 2.18. The molecule has 0 amide bonds. The van der Waals surface area contributed by atoms with Crippen LogP contribution in [0.25, 0.3) is 0 Å². The first-order valence-electron chi connectivity index (χ1n) is 5.27. The third-order valence-corrected chi connectivity index (χ3v) is 3.58. The van der Waals surface area contributed by atoms with Crippen LogP contribution in [0.2, 0.25) is 4.34 Å². The average molecular weight is 247 g/mol. The Bertz CT molecular complexity index is 299. The van der Waals surface area contributed by atoms with Crippen LogP contribution in [0.1, 0.15) is 24.3 Å². The van der Waals surface area contributed by atoms with Crippen LogP contribution in [-0.4, -0.2) is 24.2 Å². The van der Waals surface area contributed by atoms with Crippen molar-refractivity contribution >= 4 is 22.9 Å². The molecule has 2 heterocycles. The van der Waals surface area contributed by atoms with Crippen LogP contribution in [0.5, 0.6) is 0 Å². The van der Waals surface area contributed by atoms with Gasteiger partial charge in [0.1, 0.15) is 9.34 Å². The fourth-order valence-electron chi connectivity index (χ4n) is 1.70. The summed E-state index contributed by atoms with van der Waals surface area (Å²) in [5.74, 6) is 0. The smallest absolute Gasteiger partial charge is 0.113 e. The Morgan fingerprint density at radius 1 is 1.67 bits per heavy atom. The molecule has 0 aliphatic carbocycles. The van der Waals surface area contributed by atoms with Gasteiger partial charge in [0.2, 0.25) is 0 Å². The summed E-state index contributed by atoms with van der Waals surface area (Å²) in [5.41, 5.74) is 0. The molecule has 1 aliphatic rings. The van der Waals surface area contributed by atoms with Gasteiger partial charge in [-0.05, 0) is 25.8 Å². The van der Waals surface area contributed by atoms with E-state index in [0.717, 1.165) is 35.5 Å². The zero-order valence-corrected chi connectivity index (χ0v) is 10.1. The van der Waals surface area contributed by atoms with Crippen molar-refractivity contribution < 1.29 is 4.74 Å². The number of ether oxygens (including phenoxy) is 1. The second kappa shape index (κ2) is 5.80. The molecule has 0 radical (unpaired) electrons. The highest BCUT2D eigenvalue weighted by Gasteiger charge is 2.14. The van der Waals surface area contributed by atoms with Crippen molar-refractivity contribution in [2.75, 3.05) is 13.2 Å². The maximum Gasteiger partial charge on any atom is 0.113 e. The van der Waals surface area contributed by atoms with Crippen molar-refractivity contribution in [2.24, 2.45) is 0 Å². The molecule has 1 saturated heterocycles. The van der Waals surface area contributed by atoms with E-state index in [1.54, 1.807) is 6.20 Å². The Morgan fingerprint density at radius 2 is 2.60 bits per heavy atom. The number of thiazole rings is 1. The first-order valence-corrected chi connectivity index (χ1v) is 6.46. The van der Waals surface area contributed by atoms with E-state index in [9.17, 15) is 0 Å². The Kier molecular flexibility index (Phi) is 4.38. The molecule has 1 fully saturated rings. The zero-order valence-electron chi connectivity index (χ0n) is 8.54. The summed E-state index contributed by atoms with van der Waals surface area (Å²) in [6, 6.07) is 0. The summed E-state index contributed by atoms with van der Waals surface area (Å²) in [6.07, 6.45) is 5.69. The lowest BCUT2D eigenvalue weighted by Gasteiger charge is -2.08. The topological polar surface area (TPSA) is 34.2 Å². The second-order valence-electron chi connectivity index (χ2n) is 3.66. The Labute approximate surface area is 98.8 Å². The van der Waals surface area contributed by atoms with Crippen LogP contribution in [0.15, 0.2) is 6.20 Å². The quantitative estimate of drug-likeness (QED) is 0.811. The normalized spacial score (nSPS) is 21.0. The lowest BCUT2D eigenvalue weighted by Crippen LogP contribution is -2.19. The monoisotopic (exact) mass is 246 g/mol. The molecule has 1 N–H and O–H groups in total. The predicted molar refractivity (Wildman–Crippen MR) is 62.4 cm³/mol. The minimum Gasteiger partial charge on any atom is -0.378 e. The van der Waals surface area contributed by atoms with Gasteiger partial charge in [-0.25, -0.2) is 4.98 Å². The lowest BCUT2D eigenvalue weighted by atomic mass is 10.2. The molecule has 1 aromatic heterocycles. The van der Waals surface area contributed by atoms with E-state index < -0.39 is 0 Å². The fourth-order valence-corrected chi connectivity index (χ4v) is 2.63. The highest BCUT2D eigenvalue weighted by molar-refractivity contribution is 7.15. The van der Waals surface area contributed by atoms with E-state index in [4.69, 9.17) is 16.3 Å². The maximum atomic E-state index is 5.79. The van der Waals surface area contributed by atoms with Crippen LogP contribution in [0.4, 0.5) is 0 Å². The first kappa shape index (κ1) is 11.3. The molecule has 3 nitrogen and oxygen atoms in total. The van der Waals surface area contributed by atoms with Gasteiger partial charge in [0.25, 0.3) is 0 Å². The van der Waals surface area contributed by atoms with Gasteiger partial charge in [0.05, 0.1) is 12.3 Å². The molecule has 0 aromatic carbocycles. The van der Waals surface area contributed by atoms with E-state index in [-0.39, 0.29) is 0 Å². The molecule has 1 atom stereocenters. The summed E-state index contributed by atoms with van der Waals surface area (Å²) in [7, 11) is 0. The van der Waals surface area contributed by atoms with Gasteiger partial charge >= 0.3 is 0 Å². The van der Waals surface area contributed by atoms with Crippen LogP contribution < -0.4 is 5.32 Å². The van der Waals surface area contributed by atoms with Gasteiger partial charge in [0, 0.05) is 13.2 Å². The molecule has 0 spiro atoms. The molecule has 84 valence electrons. The summed E-state index contributed by atoms with van der Waals surface area (Å²) >= 11 is 7.32. The predicted octanol–water partition coefficient (Wildman–Crippen LogP) is 2.46. The van der Waals surface area contributed by atoms with E-state index in [0.29, 0.717) is 6.10 Å². The lowest BCUT2D eigenvalue weighted by molar-refractivity contribution is 0.104. The maximum absolute atomic E-state index is 5.79. The number of rotatable bonds is 5. The number of halogens is 1. The standard InChI is InChI=1S/C10H15ClN2OS/c11-9-6-13-10(15-9)7-12-4-3-8-2-1-5-14-8/h6,8,12H,1-5,7H2. The molecule has 1 aromatic rings. The Hall–Kier alpha value is -0.160. The van der Waals surface area contributed by atoms with Crippen LogP contribution in [0.3, 0.4) is 0 Å². The summed E-state index contributed by atoms with van der Waals surface area (Å²) < 4.78 is 6.29. The first-order chi connectivity index (χ1) is 7.34. The van der Waals surface area contributed by atoms with Crippen molar-refractivity contribution in [2.45, 2.75) is 31.9 Å². The largest absolute Gasteiger partial charge is 0.378 e. The molecule has 0 saturated carbocycles. The molecule has 0 bridgehead atoms. The minimum absolute atomic E-state index is 0.470. The number of nitrogens with zero attached hydrogens (tertiary/aromatic N) is 1. The molecule has 15 heavy (non-hydrogen) atoms. The fraction of sp³-hybridized carbons (Fsp3) is 0.700. The highest BCUT2D eigenvalue weighted by atomic mass is 35.5. The molecule has 1 unspecified atom stereocenters. The van der Waals surface area contributed by atoms with Crippen LogP contribution >= 0.6 is 22.9 Å². The second-order valence-corrected chi connectivity index (χ2v) is 5.41. The number of aromatic nitrogens is 1. The summed E-state index contributed by atoms with van der Waals surface area (Å²) in [4.78, 5) is 4.18. The summed E-state index contributed by atoms with van der Waals surface area (Å²) in [5, 5.41) is 4.40. The van der Waals surface area contributed by atoms with Crippen LogP contribution in [-0.2, 0) is 11.3 Å². The third kappa shape index (κ3) is 3.72. The van der Waals surface area contributed by atoms with Crippen molar-refractivity contribution in [3.8, 4) is 0 Å². The van der Waals surface area contributed by atoms with Gasteiger partial charge in [-0.15, -0.1) is 11.3 Å². The molecule has 5 heteroatoms. The molecule has 2 rings (SSSR count). The van der Waals surface area contributed by atoms with Gasteiger partial charge in [-0.1, -0.05) is 11.6 Å².